The molecule has 5 nitrogen and oxygen atoms in total. The number of nitro groups is 1. The predicted molar refractivity (Wildman–Crippen MR) is 85.9 cm³/mol. The molecule has 2 rings (SSSR count). The Hall–Kier alpha value is -2.40. The van der Waals surface area contributed by atoms with E-state index in [0.29, 0.717) is 13.2 Å². The van der Waals surface area contributed by atoms with Crippen LogP contribution in [-0.4, -0.2) is 23.5 Å². The second-order valence-electron chi connectivity index (χ2n) is 5.14. The third-order valence-electron chi connectivity index (χ3n) is 3.32. The highest BCUT2D eigenvalue weighted by molar-refractivity contribution is 5.39. The Kier molecular flexibility index (Phi) is 5.49. The van der Waals surface area contributed by atoms with Gasteiger partial charge in [0.05, 0.1) is 11.5 Å². The molecule has 0 radical (unpaired) electrons. The summed E-state index contributed by atoms with van der Waals surface area (Å²) in [4.78, 5) is 12.8. The molecule has 0 aliphatic heterocycles. The number of hydrogen-bond acceptors (Lipinski definition) is 4. The molecule has 5 heteroatoms. The molecular weight excluding hydrogens is 280 g/mol. The summed E-state index contributed by atoms with van der Waals surface area (Å²) < 4.78 is 5.41. The standard InChI is InChI=1S/C17H20N2O3/c1-3-22-16-10-8-14(9-11-16)12-18(2)13-15-6-4-5-7-17(15)19(20)21/h4-11H,3,12-13H2,1-2H3. The van der Waals surface area contributed by atoms with Crippen molar-refractivity contribution in [3.05, 3.63) is 69.8 Å². The Labute approximate surface area is 130 Å². The van der Waals surface area contributed by atoms with Crippen LogP contribution in [0.5, 0.6) is 5.75 Å². The largest absolute Gasteiger partial charge is 0.494 e. The predicted octanol–water partition coefficient (Wildman–Crippen LogP) is 3.63. The maximum Gasteiger partial charge on any atom is 0.273 e. The first-order chi connectivity index (χ1) is 10.6. The minimum absolute atomic E-state index is 0.168. The first-order valence-corrected chi connectivity index (χ1v) is 7.22. The monoisotopic (exact) mass is 300 g/mol. The van der Waals surface area contributed by atoms with Crippen LogP contribution in [0.4, 0.5) is 5.69 Å². The first-order valence-electron chi connectivity index (χ1n) is 7.22. The molecule has 0 N–H and O–H groups in total. The molecule has 0 fully saturated rings. The number of benzene rings is 2. The summed E-state index contributed by atoms with van der Waals surface area (Å²) in [5.41, 5.74) is 2.03. The van der Waals surface area contributed by atoms with Gasteiger partial charge in [-0.2, -0.15) is 0 Å². The van der Waals surface area contributed by atoms with Crippen LogP contribution >= 0.6 is 0 Å². The van der Waals surface area contributed by atoms with Crippen molar-refractivity contribution < 1.29 is 9.66 Å². The lowest BCUT2D eigenvalue weighted by Crippen LogP contribution is -2.18. The molecule has 2 aromatic carbocycles. The third-order valence-corrected chi connectivity index (χ3v) is 3.32. The molecule has 0 unspecified atom stereocenters. The van der Waals surface area contributed by atoms with Crippen LogP contribution in [0.3, 0.4) is 0 Å². The van der Waals surface area contributed by atoms with Gasteiger partial charge in [0.15, 0.2) is 0 Å². The maximum absolute atomic E-state index is 11.0. The van der Waals surface area contributed by atoms with E-state index in [-0.39, 0.29) is 10.6 Å². The summed E-state index contributed by atoms with van der Waals surface area (Å²) in [6, 6.07) is 14.8. The molecular formula is C17H20N2O3. The van der Waals surface area contributed by atoms with E-state index in [1.165, 1.54) is 0 Å². The second-order valence-corrected chi connectivity index (χ2v) is 5.14. The van der Waals surface area contributed by atoms with Gasteiger partial charge in [-0.3, -0.25) is 15.0 Å². The number of rotatable bonds is 7. The van der Waals surface area contributed by atoms with Crippen LogP contribution in [-0.2, 0) is 13.1 Å². The lowest BCUT2D eigenvalue weighted by atomic mass is 10.1. The highest BCUT2D eigenvalue weighted by atomic mass is 16.6. The van der Waals surface area contributed by atoms with Gasteiger partial charge < -0.3 is 4.74 Å². The van der Waals surface area contributed by atoms with E-state index in [1.807, 2.05) is 44.3 Å². The van der Waals surface area contributed by atoms with Crippen LogP contribution in [0.15, 0.2) is 48.5 Å². The van der Waals surface area contributed by atoms with Gasteiger partial charge in [-0.25, -0.2) is 0 Å². The number of para-hydroxylation sites is 1. The third kappa shape index (κ3) is 4.30. The number of ether oxygens (including phenoxy) is 1. The smallest absolute Gasteiger partial charge is 0.273 e. The molecule has 0 saturated carbocycles. The molecule has 0 aliphatic carbocycles. The minimum Gasteiger partial charge on any atom is -0.494 e. The molecule has 116 valence electrons. The van der Waals surface area contributed by atoms with E-state index in [1.54, 1.807) is 18.2 Å². The fourth-order valence-corrected chi connectivity index (χ4v) is 2.34. The Morgan fingerprint density at radius 3 is 2.41 bits per heavy atom. The Morgan fingerprint density at radius 1 is 1.09 bits per heavy atom. The number of nitrogens with zero attached hydrogens (tertiary/aromatic N) is 2. The summed E-state index contributed by atoms with van der Waals surface area (Å²) >= 11 is 0. The molecule has 22 heavy (non-hydrogen) atoms. The first kappa shape index (κ1) is 16.0. The molecule has 0 atom stereocenters. The zero-order valence-electron chi connectivity index (χ0n) is 12.9. The Morgan fingerprint density at radius 2 is 1.77 bits per heavy atom. The lowest BCUT2D eigenvalue weighted by Gasteiger charge is -2.17. The molecule has 0 heterocycles. The van der Waals surface area contributed by atoms with Gasteiger partial charge >= 0.3 is 0 Å². The van der Waals surface area contributed by atoms with Crippen molar-refractivity contribution in [1.82, 2.24) is 4.90 Å². The van der Waals surface area contributed by atoms with Crippen molar-refractivity contribution >= 4 is 5.69 Å². The number of hydrogen-bond donors (Lipinski definition) is 0. The second kappa shape index (κ2) is 7.56. The molecule has 0 spiro atoms. The van der Waals surface area contributed by atoms with Crippen molar-refractivity contribution in [2.45, 2.75) is 20.0 Å². The summed E-state index contributed by atoms with van der Waals surface area (Å²) in [5.74, 6) is 0.854. The van der Waals surface area contributed by atoms with Gasteiger partial charge in [0.1, 0.15) is 5.75 Å². The maximum atomic E-state index is 11.0. The average molecular weight is 300 g/mol. The van der Waals surface area contributed by atoms with E-state index in [2.05, 4.69) is 4.90 Å². The fraction of sp³-hybridized carbons (Fsp3) is 0.294. The van der Waals surface area contributed by atoms with E-state index < -0.39 is 0 Å². The van der Waals surface area contributed by atoms with Crippen molar-refractivity contribution in [2.75, 3.05) is 13.7 Å². The van der Waals surface area contributed by atoms with Crippen molar-refractivity contribution in [2.24, 2.45) is 0 Å². The van der Waals surface area contributed by atoms with E-state index >= 15 is 0 Å². The van der Waals surface area contributed by atoms with Gasteiger partial charge in [0, 0.05) is 24.7 Å². The van der Waals surface area contributed by atoms with E-state index in [4.69, 9.17) is 4.74 Å². The van der Waals surface area contributed by atoms with Gasteiger partial charge in [-0.05, 0) is 31.7 Å². The zero-order chi connectivity index (χ0) is 15.9. The summed E-state index contributed by atoms with van der Waals surface area (Å²) in [6.07, 6.45) is 0. The topological polar surface area (TPSA) is 55.6 Å². The molecule has 2 aromatic rings. The highest BCUT2D eigenvalue weighted by Gasteiger charge is 2.13. The molecule has 0 saturated heterocycles. The number of nitro benzene ring substituents is 1. The van der Waals surface area contributed by atoms with Gasteiger partial charge in [0.25, 0.3) is 5.69 Å². The normalized spacial score (nSPS) is 10.7. The van der Waals surface area contributed by atoms with Gasteiger partial charge in [-0.1, -0.05) is 30.3 Å². The molecule has 0 bridgehead atoms. The van der Waals surface area contributed by atoms with Crippen molar-refractivity contribution in [1.29, 1.82) is 0 Å². The highest BCUT2D eigenvalue weighted by Crippen LogP contribution is 2.20. The van der Waals surface area contributed by atoms with Crippen LogP contribution in [0.2, 0.25) is 0 Å². The van der Waals surface area contributed by atoms with Crippen LogP contribution in [0, 0.1) is 10.1 Å². The SMILES string of the molecule is CCOc1ccc(CN(C)Cc2ccccc2[N+](=O)[O-])cc1. The van der Waals surface area contributed by atoms with Crippen LogP contribution in [0.1, 0.15) is 18.1 Å². The zero-order valence-corrected chi connectivity index (χ0v) is 12.9. The van der Waals surface area contributed by atoms with Crippen molar-refractivity contribution in [3.8, 4) is 5.75 Å². The van der Waals surface area contributed by atoms with E-state index in [0.717, 1.165) is 23.4 Å². The molecule has 0 aliphatic rings. The van der Waals surface area contributed by atoms with Gasteiger partial charge in [-0.15, -0.1) is 0 Å². The summed E-state index contributed by atoms with van der Waals surface area (Å²) in [7, 11) is 1.95. The lowest BCUT2D eigenvalue weighted by molar-refractivity contribution is -0.385. The van der Waals surface area contributed by atoms with Crippen LogP contribution < -0.4 is 4.74 Å². The molecule has 0 aromatic heterocycles. The quantitative estimate of drug-likeness (QED) is 0.579. The molecule has 0 amide bonds. The van der Waals surface area contributed by atoms with E-state index in [9.17, 15) is 10.1 Å². The fourth-order valence-electron chi connectivity index (χ4n) is 2.34. The minimum atomic E-state index is -0.333. The van der Waals surface area contributed by atoms with Crippen molar-refractivity contribution in [3.63, 3.8) is 0 Å². The average Bonchev–Trinajstić information content (AvgIpc) is 2.50. The Bertz CT molecular complexity index is 626. The summed E-state index contributed by atoms with van der Waals surface area (Å²) in [6.45, 7) is 3.86. The summed E-state index contributed by atoms with van der Waals surface area (Å²) in [5, 5.41) is 11.0. The Balaban J connectivity index is 2.01. The van der Waals surface area contributed by atoms with Gasteiger partial charge in [0.2, 0.25) is 0 Å². The van der Waals surface area contributed by atoms with Crippen LogP contribution in [0.25, 0.3) is 0 Å².